The second-order valence-corrected chi connectivity index (χ2v) is 9.06. The number of aryl methyl sites for hydroxylation is 1. The molecule has 0 saturated heterocycles. The first-order chi connectivity index (χ1) is 13.5. The van der Waals surface area contributed by atoms with E-state index < -0.39 is 0 Å². The summed E-state index contributed by atoms with van der Waals surface area (Å²) in [7, 11) is 0. The van der Waals surface area contributed by atoms with Gasteiger partial charge in [-0.1, -0.05) is 26.8 Å². The van der Waals surface area contributed by atoms with E-state index in [0.717, 1.165) is 25.7 Å². The number of ether oxygens (including phenoxy) is 2. The summed E-state index contributed by atoms with van der Waals surface area (Å²) in [5.74, 6) is 2.32. The van der Waals surface area contributed by atoms with Gasteiger partial charge < -0.3 is 9.47 Å². The highest BCUT2D eigenvalue weighted by molar-refractivity contribution is 5.72. The van der Waals surface area contributed by atoms with Crippen LogP contribution in [0, 0.1) is 17.3 Å². The summed E-state index contributed by atoms with van der Waals surface area (Å²) < 4.78 is 11.3. The molecule has 5 atom stereocenters. The van der Waals surface area contributed by atoms with Crippen LogP contribution in [-0.4, -0.2) is 18.0 Å². The monoisotopic (exact) mass is 384 g/mol. The zero-order valence-corrected chi connectivity index (χ0v) is 17.3. The molecule has 0 aliphatic heterocycles. The molecule has 2 fully saturated rings. The summed E-state index contributed by atoms with van der Waals surface area (Å²) in [4.78, 5) is 23.5. The molecular weight excluding hydrogens is 352 g/mol. The molecule has 1 aromatic carbocycles. The Hall–Kier alpha value is -1.84. The molecule has 1 aromatic rings. The molecule has 3 aliphatic rings. The minimum atomic E-state index is -0.180. The van der Waals surface area contributed by atoms with E-state index in [1.54, 1.807) is 0 Å². The third-order valence-electron chi connectivity index (χ3n) is 7.69. The van der Waals surface area contributed by atoms with Gasteiger partial charge in [0.1, 0.15) is 11.9 Å². The molecule has 0 aromatic heterocycles. The second kappa shape index (κ2) is 7.53. The van der Waals surface area contributed by atoms with Crippen LogP contribution in [0.15, 0.2) is 18.2 Å². The molecule has 0 spiro atoms. The zero-order chi connectivity index (χ0) is 19.9. The van der Waals surface area contributed by atoms with Crippen molar-refractivity contribution >= 4 is 11.9 Å². The molecule has 0 N–H and O–H groups in total. The van der Waals surface area contributed by atoms with Gasteiger partial charge in [0.15, 0.2) is 0 Å². The van der Waals surface area contributed by atoms with Crippen molar-refractivity contribution in [2.75, 3.05) is 0 Å². The lowest BCUT2D eigenvalue weighted by Crippen LogP contribution is -2.45. The third kappa shape index (κ3) is 3.25. The van der Waals surface area contributed by atoms with E-state index in [9.17, 15) is 9.59 Å². The zero-order valence-electron chi connectivity index (χ0n) is 17.3. The summed E-state index contributed by atoms with van der Waals surface area (Å²) in [5.41, 5.74) is 2.92. The van der Waals surface area contributed by atoms with Gasteiger partial charge >= 0.3 is 11.9 Å². The lowest BCUT2D eigenvalue weighted by atomic mass is 9.55. The van der Waals surface area contributed by atoms with E-state index in [1.807, 2.05) is 19.9 Å². The Bertz CT molecular complexity index is 770. The lowest BCUT2D eigenvalue weighted by molar-refractivity contribution is -0.157. The summed E-state index contributed by atoms with van der Waals surface area (Å²) in [6.45, 7) is 6.05. The minimum Gasteiger partial charge on any atom is -0.462 e. The maximum absolute atomic E-state index is 11.9. The van der Waals surface area contributed by atoms with Gasteiger partial charge in [0, 0.05) is 18.3 Å². The second-order valence-electron chi connectivity index (χ2n) is 9.06. The first kappa shape index (κ1) is 19.5. The molecule has 0 amide bonds. The van der Waals surface area contributed by atoms with Crippen LogP contribution in [0.25, 0.3) is 0 Å². The predicted molar refractivity (Wildman–Crippen MR) is 107 cm³/mol. The maximum atomic E-state index is 11.9. The number of carbonyl (C=O) groups is 2. The Labute approximate surface area is 168 Å². The largest absolute Gasteiger partial charge is 0.462 e. The van der Waals surface area contributed by atoms with Crippen molar-refractivity contribution in [3.8, 4) is 5.75 Å². The van der Waals surface area contributed by atoms with Crippen LogP contribution in [0.2, 0.25) is 0 Å². The number of carbonyl (C=O) groups excluding carboxylic acids is 2. The third-order valence-corrected chi connectivity index (χ3v) is 7.69. The van der Waals surface area contributed by atoms with E-state index >= 15 is 0 Å². The Morgan fingerprint density at radius 3 is 2.61 bits per heavy atom. The fourth-order valence-electron chi connectivity index (χ4n) is 6.21. The van der Waals surface area contributed by atoms with Gasteiger partial charge in [0.25, 0.3) is 0 Å². The smallest absolute Gasteiger partial charge is 0.310 e. The number of rotatable bonds is 4. The maximum Gasteiger partial charge on any atom is 0.310 e. The Morgan fingerprint density at radius 2 is 1.86 bits per heavy atom. The van der Waals surface area contributed by atoms with Crippen LogP contribution in [-0.2, 0) is 20.7 Å². The molecule has 0 radical (unpaired) electrons. The fraction of sp³-hybridized carbons (Fsp3) is 0.667. The van der Waals surface area contributed by atoms with E-state index in [0.29, 0.717) is 36.3 Å². The van der Waals surface area contributed by atoms with Crippen LogP contribution in [0.4, 0.5) is 0 Å². The lowest BCUT2D eigenvalue weighted by Gasteiger charge is -2.50. The highest BCUT2D eigenvalue weighted by Crippen LogP contribution is 2.61. The van der Waals surface area contributed by atoms with E-state index in [4.69, 9.17) is 9.47 Å². The highest BCUT2D eigenvalue weighted by atomic mass is 16.5. The van der Waals surface area contributed by atoms with Gasteiger partial charge in [-0.05, 0) is 79.5 Å². The molecule has 4 heteroatoms. The standard InChI is InChI=1S/C24H32O4/c1-4-22(25)27-16-7-9-17-15(14-16)6-8-19-18(17)12-13-24(3)20(19)10-11-21(24)28-23(26)5-2/h7,9,14,18-21H,4-6,8,10-13H2,1-3H3. The van der Waals surface area contributed by atoms with Crippen molar-refractivity contribution in [1.29, 1.82) is 0 Å². The molecule has 0 heterocycles. The summed E-state index contributed by atoms with van der Waals surface area (Å²) >= 11 is 0. The van der Waals surface area contributed by atoms with Crippen molar-refractivity contribution in [3.05, 3.63) is 29.3 Å². The summed E-state index contributed by atoms with van der Waals surface area (Å²) in [5, 5.41) is 0. The number of hydrogen-bond acceptors (Lipinski definition) is 4. The number of esters is 2. The van der Waals surface area contributed by atoms with Crippen LogP contribution in [0.1, 0.15) is 82.8 Å². The van der Waals surface area contributed by atoms with Gasteiger partial charge in [-0.3, -0.25) is 9.59 Å². The first-order valence-corrected chi connectivity index (χ1v) is 11.0. The minimum absolute atomic E-state index is 0.0582. The average Bonchev–Trinajstić information content (AvgIpc) is 3.03. The van der Waals surface area contributed by atoms with Gasteiger partial charge in [-0.15, -0.1) is 0 Å². The van der Waals surface area contributed by atoms with E-state index in [1.165, 1.54) is 24.0 Å². The molecular formula is C24H32O4. The number of hydrogen-bond donors (Lipinski definition) is 0. The molecule has 28 heavy (non-hydrogen) atoms. The highest BCUT2D eigenvalue weighted by Gasteiger charge is 2.56. The SMILES string of the molecule is CCC(=O)Oc1ccc2c(c1)CCC1C2CCC2(C)C(OC(=O)CC)CCC12. The summed E-state index contributed by atoms with van der Waals surface area (Å²) in [6.07, 6.45) is 7.61. The van der Waals surface area contributed by atoms with Crippen molar-refractivity contribution in [1.82, 2.24) is 0 Å². The molecule has 0 bridgehead atoms. The van der Waals surface area contributed by atoms with Gasteiger partial charge in [0.05, 0.1) is 0 Å². The van der Waals surface area contributed by atoms with Crippen LogP contribution in [0.3, 0.4) is 0 Å². The van der Waals surface area contributed by atoms with Gasteiger partial charge in [-0.2, -0.15) is 0 Å². The molecule has 2 saturated carbocycles. The molecule has 152 valence electrons. The van der Waals surface area contributed by atoms with E-state index in [-0.39, 0.29) is 23.5 Å². The van der Waals surface area contributed by atoms with Crippen molar-refractivity contribution in [3.63, 3.8) is 0 Å². The molecule has 4 rings (SSSR count). The van der Waals surface area contributed by atoms with Crippen LogP contribution >= 0.6 is 0 Å². The normalized spacial score (nSPS) is 33.4. The van der Waals surface area contributed by atoms with Gasteiger partial charge in [0.2, 0.25) is 0 Å². The van der Waals surface area contributed by atoms with E-state index in [2.05, 4.69) is 19.1 Å². The molecule has 4 nitrogen and oxygen atoms in total. The quantitative estimate of drug-likeness (QED) is 0.530. The van der Waals surface area contributed by atoms with Crippen molar-refractivity contribution in [2.24, 2.45) is 17.3 Å². The average molecular weight is 385 g/mol. The van der Waals surface area contributed by atoms with Gasteiger partial charge in [-0.25, -0.2) is 0 Å². The molecule has 5 unspecified atom stereocenters. The number of benzene rings is 1. The first-order valence-electron chi connectivity index (χ1n) is 11.0. The predicted octanol–water partition coefficient (Wildman–Crippen LogP) is 5.18. The van der Waals surface area contributed by atoms with Crippen LogP contribution < -0.4 is 4.74 Å². The number of fused-ring (bicyclic) bond motifs is 5. The van der Waals surface area contributed by atoms with Crippen molar-refractivity contribution < 1.29 is 19.1 Å². The molecule has 3 aliphatic carbocycles. The van der Waals surface area contributed by atoms with Crippen LogP contribution in [0.5, 0.6) is 5.75 Å². The Kier molecular flexibility index (Phi) is 5.24. The topological polar surface area (TPSA) is 52.6 Å². The summed E-state index contributed by atoms with van der Waals surface area (Å²) in [6, 6.07) is 6.23. The van der Waals surface area contributed by atoms with Crippen molar-refractivity contribution in [2.45, 2.75) is 84.2 Å². The Morgan fingerprint density at radius 1 is 1.07 bits per heavy atom. The fourth-order valence-corrected chi connectivity index (χ4v) is 6.21. The Balaban J connectivity index is 1.54.